The van der Waals surface area contributed by atoms with E-state index in [1.54, 1.807) is 35.8 Å². The van der Waals surface area contributed by atoms with E-state index in [0.29, 0.717) is 40.5 Å². The molecule has 1 aliphatic heterocycles. The van der Waals surface area contributed by atoms with Crippen molar-refractivity contribution in [1.29, 1.82) is 0 Å². The van der Waals surface area contributed by atoms with Gasteiger partial charge in [0.25, 0.3) is 11.1 Å². The highest BCUT2D eigenvalue weighted by atomic mass is 35.5. The normalized spacial score (nSPS) is 14.2. The van der Waals surface area contributed by atoms with E-state index >= 15 is 0 Å². The maximum atomic E-state index is 13.2. The number of fused-ring (bicyclic) bond motifs is 1. The summed E-state index contributed by atoms with van der Waals surface area (Å²) in [6, 6.07) is 14.2. The Morgan fingerprint density at radius 2 is 1.88 bits per heavy atom. The molecule has 1 aromatic carbocycles. The van der Waals surface area contributed by atoms with Crippen LogP contribution in [-0.2, 0) is 11.3 Å². The fraction of sp³-hybridized carbons (Fsp3) is 0.261. The number of ether oxygens (including phenoxy) is 1. The summed E-state index contributed by atoms with van der Waals surface area (Å²) >= 11 is 6.09. The van der Waals surface area contributed by atoms with Gasteiger partial charge in [0.2, 0.25) is 0 Å². The summed E-state index contributed by atoms with van der Waals surface area (Å²) in [6.45, 7) is 4.98. The van der Waals surface area contributed by atoms with Gasteiger partial charge in [-0.15, -0.1) is 0 Å². The van der Waals surface area contributed by atoms with E-state index in [4.69, 9.17) is 21.3 Å². The molecule has 0 unspecified atom stereocenters. The van der Waals surface area contributed by atoms with Gasteiger partial charge in [-0.05, 0) is 37.3 Å². The van der Waals surface area contributed by atoms with Crippen molar-refractivity contribution >= 4 is 28.3 Å². The molecular formula is C23H22ClN5O3. The van der Waals surface area contributed by atoms with Crippen molar-refractivity contribution in [3.8, 4) is 5.69 Å². The Morgan fingerprint density at radius 3 is 2.66 bits per heavy atom. The lowest BCUT2D eigenvalue weighted by molar-refractivity contribution is 0.122. The molecule has 3 aromatic heterocycles. The minimum absolute atomic E-state index is 0.201. The molecule has 0 radical (unpaired) electrons. The molecule has 9 heteroatoms. The fourth-order valence-electron chi connectivity index (χ4n) is 4.09. The molecule has 1 fully saturated rings. The van der Waals surface area contributed by atoms with Gasteiger partial charge in [0.1, 0.15) is 5.82 Å². The standard InChI is InChI=1S/C23H22ClN5O3/c1-15-22-19(26-29(23(22)31)18-6-2-4-16(24)12-18)13-21(30)28(15)14-17-5-3-7-20(25-17)27-8-10-32-11-9-27/h2-7,12-13,26H,8-11,14H2,1H3. The van der Waals surface area contributed by atoms with Crippen LogP contribution in [0.5, 0.6) is 0 Å². The van der Waals surface area contributed by atoms with E-state index in [1.807, 2.05) is 18.2 Å². The van der Waals surface area contributed by atoms with Gasteiger partial charge in [0, 0.05) is 29.9 Å². The Hall–Kier alpha value is -3.36. The molecule has 0 bridgehead atoms. The van der Waals surface area contributed by atoms with Crippen molar-refractivity contribution in [3.63, 3.8) is 0 Å². The molecule has 0 amide bonds. The van der Waals surface area contributed by atoms with Gasteiger partial charge in [-0.25, -0.2) is 9.67 Å². The molecule has 4 aromatic rings. The zero-order valence-corrected chi connectivity index (χ0v) is 18.3. The van der Waals surface area contributed by atoms with Crippen LogP contribution in [0.2, 0.25) is 5.02 Å². The molecule has 0 aliphatic carbocycles. The molecule has 0 saturated carbocycles. The summed E-state index contributed by atoms with van der Waals surface area (Å²) in [5, 5.41) is 4.02. The predicted molar refractivity (Wildman–Crippen MR) is 124 cm³/mol. The van der Waals surface area contributed by atoms with Crippen LogP contribution in [0.4, 0.5) is 5.82 Å². The Bertz CT molecular complexity index is 1420. The first-order chi connectivity index (χ1) is 15.5. The number of pyridine rings is 2. The number of morpholine rings is 1. The quantitative estimate of drug-likeness (QED) is 0.515. The van der Waals surface area contributed by atoms with E-state index < -0.39 is 0 Å². The second-order valence-electron chi connectivity index (χ2n) is 7.76. The number of anilines is 1. The molecular weight excluding hydrogens is 430 g/mol. The molecule has 8 nitrogen and oxygen atoms in total. The Morgan fingerprint density at radius 1 is 1.09 bits per heavy atom. The third-order valence-electron chi connectivity index (χ3n) is 5.73. The number of nitrogens with one attached hydrogen (secondary N) is 1. The maximum absolute atomic E-state index is 13.2. The predicted octanol–water partition coefficient (Wildman–Crippen LogP) is 2.72. The Labute approximate surface area is 188 Å². The minimum atomic E-state index is -0.233. The number of rotatable bonds is 4. The van der Waals surface area contributed by atoms with Crippen LogP contribution in [0.25, 0.3) is 16.6 Å². The summed E-state index contributed by atoms with van der Waals surface area (Å²) in [6.07, 6.45) is 0. The highest BCUT2D eigenvalue weighted by Gasteiger charge is 2.17. The van der Waals surface area contributed by atoms with Gasteiger partial charge < -0.3 is 14.2 Å². The molecule has 1 saturated heterocycles. The van der Waals surface area contributed by atoms with E-state index in [-0.39, 0.29) is 17.7 Å². The Kier molecular flexibility index (Phi) is 5.32. The zero-order chi connectivity index (χ0) is 22.2. The largest absolute Gasteiger partial charge is 0.378 e. The van der Waals surface area contributed by atoms with Crippen LogP contribution < -0.4 is 16.0 Å². The van der Waals surface area contributed by atoms with Crippen LogP contribution in [0.3, 0.4) is 0 Å². The van der Waals surface area contributed by atoms with E-state index in [2.05, 4.69) is 10.00 Å². The number of aromatic nitrogens is 4. The van der Waals surface area contributed by atoms with Gasteiger partial charge in [-0.2, -0.15) is 0 Å². The van der Waals surface area contributed by atoms with Gasteiger partial charge in [-0.1, -0.05) is 23.7 Å². The maximum Gasteiger partial charge on any atom is 0.280 e. The van der Waals surface area contributed by atoms with Crippen LogP contribution in [0.1, 0.15) is 11.4 Å². The lowest BCUT2D eigenvalue weighted by Crippen LogP contribution is -2.36. The second kappa shape index (κ2) is 8.29. The molecule has 4 heterocycles. The highest BCUT2D eigenvalue weighted by Crippen LogP contribution is 2.18. The van der Waals surface area contributed by atoms with E-state index in [9.17, 15) is 9.59 Å². The molecule has 1 aliphatic rings. The first kappa shape index (κ1) is 20.5. The average Bonchev–Trinajstić information content (AvgIpc) is 3.13. The first-order valence-electron chi connectivity index (χ1n) is 10.4. The van der Waals surface area contributed by atoms with Crippen molar-refractivity contribution in [2.24, 2.45) is 0 Å². The first-order valence-corrected chi connectivity index (χ1v) is 10.8. The fourth-order valence-corrected chi connectivity index (χ4v) is 4.27. The smallest absolute Gasteiger partial charge is 0.280 e. The average molecular weight is 452 g/mol. The topological polar surface area (TPSA) is 85.2 Å². The van der Waals surface area contributed by atoms with E-state index in [0.717, 1.165) is 24.6 Å². The van der Waals surface area contributed by atoms with Crippen molar-refractivity contribution in [1.82, 2.24) is 19.3 Å². The number of halogens is 1. The third-order valence-corrected chi connectivity index (χ3v) is 5.97. The number of H-pyrrole nitrogens is 1. The van der Waals surface area contributed by atoms with Gasteiger partial charge in [0.05, 0.1) is 42.0 Å². The highest BCUT2D eigenvalue weighted by molar-refractivity contribution is 6.30. The lowest BCUT2D eigenvalue weighted by Gasteiger charge is -2.28. The second-order valence-corrected chi connectivity index (χ2v) is 8.20. The zero-order valence-electron chi connectivity index (χ0n) is 17.5. The van der Waals surface area contributed by atoms with Gasteiger partial charge >= 0.3 is 0 Å². The molecule has 5 rings (SSSR count). The number of hydrogen-bond acceptors (Lipinski definition) is 5. The van der Waals surface area contributed by atoms with E-state index in [1.165, 1.54) is 10.7 Å². The number of hydrogen-bond donors (Lipinski definition) is 1. The molecule has 1 N–H and O–H groups in total. The van der Waals surface area contributed by atoms with Crippen molar-refractivity contribution in [3.05, 3.63) is 85.6 Å². The van der Waals surface area contributed by atoms with Crippen molar-refractivity contribution in [2.45, 2.75) is 13.5 Å². The van der Waals surface area contributed by atoms with Crippen LogP contribution in [0, 0.1) is 6.92 Å². The summed E-state index contributed by atoms with van der Waals surface area (Å²) in [5.41, 5.74) is 2.01. The van der Waals surface area contributed by atoms with Crippen LogP contribution in [0.15, 0.2) is 58.1 Å². The number of nitrogens with zero attached hydrogens (tertiary/aromatic N) is 4. The molecule has 32 heavy (non-hydrogen) atoms. The number of aryl methyl sites for hydroxylation is 1. The summed E-state index contributed by atoms with van der Waals surface area (Å²) < 4.78 is 8.41. The molecule has 164 valence electrons. The van der Waals surface area contributed by atoms with Crippen molar-refractivity contribution in [2.75, 3.05) is 31.2 Å². The van der Waals surface area contributed by atoms with Crippen LogP contribution >= 0.6 is 11.6 Å². The summed E-state index contributed by atoms with van der Waals surface area (Å²) in [7, 11) is 0. The Balaban J connectivity index is 1.55. The van der Waals surface area contributed by atoms with Crippen molar-refractivity contribution < 1.29 is 4.74 Å². The van der Waals surface area contributed by atoms with Gasteiger partial charge in [-0.3, -0.25) is 14.7 Å². The van der Waals surface area contributed by atoms with Crippen LogP contribution in [-0.4, -0.2) is 45.6 Å². The number of benzene rings is 1. The summed E-state index contributed by atoms with van der Waals surface area (Å²) in [5.74, 6) is 0.863. The minimum Gasteiger partial charge on any atom is -0.378 e. The molecule has 0 spiro atoms. The lowest BCUT2D eigenvalue weighted by atomic mass is 10.2. The summed E-state index contributed by atoms with van der Waals surface area (Å²) in [4.78, 5) is 33.0. The SMILES string of the molecule is Cc1c2c(=O)n(-c3cccc(Cl)c3)[nH]c2cc(=O)n1Cc1cccc(N2CCOCC2)n1. The van der Waals surface area contributed by atoms with Gasteiger partial charge in [0.15, 0.2) is 0 Å². The third kappa shape index (κ3) is 3.72. The molecule has 0 atom stereocenters. The number of aromatic amines is 1. The monoisotopic (exact) mass is 451 g/mol.